The van der Waals surface area contributed by atoms with Gasteiger partial charge in [0.05, 0.1) is 10.2 Å². The van der Waals surface area contributed by atoms with Crippen LogP contribution in [-0.2, 0) is 21.2 Å². The summed E-state index contributed by atoms with van der Waals surface area (Å²) in [6.07, 6.45) is 1.63. The largest absolute Gasteiger partial charge is 0.302 e. The molecule has 0 spiro atoms. The molecule has 0 radical (unpaired) electrons. The maximum atomic E-state index is 12.3. The fourth-order valence-corrected chi connectivity index (χ4v) is 5.93. The summed E-state index contributed by atoms with van der Waals surface area (Å²) >= 11 is 2.64. The molecule has 9 heteroatoms. The van der Waals surface area contributed by atoms with Gasteiger partial charge in [0.2, 0.25) is 5.91 Å². The topological polar surface area (TPSA) is 79.4 Å². The third kappa shape index (κ3) is 4.73. The summed E-state index contributed by atoms with van der Waals surface area (Å²) < 4.78 is 27.3. The van der Waals surface area contributed by atoms with Gasteiger partial charge in [-0.25, -0.2) is 17.7 Å². The summed E-state index contributed by atoms with van der Waals surface area (Å²) in [6, 6.07) is 9.38. The Balaban J connectivity index is 1.52. The maximum Gasteiger partial charge on any atom is 0.252 e. The molecule has 0 aliphatic rings. The molecule has 1 aromatic carbocycles. The van der Waals surface area contributed by atoms with Gasteiger partial charge in [-0.3, -0.25) is 4.79 Å². The predicted octanol–water partition coefficient (Wildman–Crippen LogP) is 3.96. The number of aromatic nitrogens is 1. The van der Waals surface area contributed by atoms with E-state index in [2.05, 4.69) is 23.3 Å². The van der Waals surface area contributed by atoms with E-state index in [1.807, 2.05) is 12.1 Å². The van der Waals surface area contributed by atoms with Gasteiger partial charge < -0.3 is 5.32 Å². The molecule has 0 atom stereocenters. The summed E-state index contributed by atoms with van der Waals surface area (Å²) in [7, 11) is -1.93. The first-order chi connectivity index (χ1) is 12.9. The van der Waals surface area contributed by atoms with Crippen molar-refractivity contribution in [3.8, 4) is 0 Å². The van der Waals surface area contributed by atoms with Crippen LogP contribution in [0.2, 0.25) is 0 Å². The fraction of sp³-hybridized carbons (Fsp3) is 0.333. The third-order valence-corrected chi connectivity index (χ3v) is 8.31. The lowest BCUT2D eigenvalue weighted by atomic mass is 10.2. The average Bonchev–Trinajstić information content (AvgIpc) is 3.30. The van der Waals surface area contributed by atoms with Gasteiger partial charge in [0, 0.05) is 20.0 Å². The van der Waals surface area contributed by atoms with Crippen LogP contribution in [0.15, 0.2) is 39.9 Å². The molecule has 0 bridgehead atoms. The third-order valence-electron chi connectivity index (χ3n) is 4.14. The quantitative estimate of drug-likeness (QED) is 0.595. The highest BCUT2D eigenvalue weighted by Crippen LogP contribution is 2.27. The molecule has 3 rings (SSSR count). The number of rotatable bonds is 8. The first-order valence-corrected chi connectivity index (χ1v) is 11.7. The van der Waals surface area contributed by atoms with Crippen LogP contribution in [0.1, 0.15) is 25.3 Å². The van der Waals surface area contributed by atoms with Crippen LogP contribution in [-0.4, -0.2) is 37.2 Å². The van der Waals surface area contributed by atoms with Crippen LogP contribution in [0.4, 0.5) is 5.13 Å². The number of carbonyl (C=O) groups is 1. The van der Waals surface area contributed by atoms with Crippen molar-refractivity contribution in [3.63, 3.8) is 0 Å². The molecule has 0 saturated heterocycles. The summed E-state index contributed by atoms with van der Waals surface area (Å²) in [6.45, 7) is 2.38. The Morgan fingerprint density at radius 3 is 2.81 bits per heavy atom. The normalized spacial score (nSPS) is 12.0. The number of hydrogen-bond donors (Lipinski definition) is 1. The van der Waals surface area contributed by atoms with Crippen LogP contribution < -0.4 is 5.32 Å². The van der Waals surface area contributed by atoms with E-state index in [4.69, 9.17) is 0 Å². The number of benzene rings is 1. The van der Waals surface area contributed by atoms with E-state index in [0.29, 0.717) is 15.8 Å². The van der Waals surface area contributed by atoms with Crippen molar-refractivity contribution in [3.05, 3.63) is 41.3 Å². The first-order valence-electron chi connectivity index (χ1n) is 8.59. The van der Waals surface area contributed by atoms with Crippen LogP contribution in [0.5, 0.6) is 0 Å². The molecule has 2 aromatic heterocycles. The lowest BCUT2D eigenvalue weighted by Crippen LogP contribution is -2.28. The standard InChI is InChI=1S/C18H21N3O3S3/c1-3-13-8-9-14-15(12-13)26-18(19-14)20-16(22)6-4-10-21(2)27(23,24)17-7-5-11-25-17/h5,7-9,11-12H,3-4,6,10H2,1-2H3,(H,19,20,22). The van der Waals surface area contributed by atoms with E-state index >= 15 is 0 Å². The average molecular weight is 424 g/mol. The Hall–Kier alpha value is -1.81. The van der Waals surface area contributed by atoms with Crippen molar-refractivity contribution in [1.82, 2.24) is 9.29 Å². The molecule has 144 valence electrons. The minimum Gasteiger partial charge on any atom is -0.302 e. The van der Waals surface area contributed by atoms with E-state index in [1.54, 1.807) is 17.5 Å². The van der Waals surface area contributed by atoms with Crippen molar-refractivity contribution in [2.24, 2.45) is 0 Å². The van der Waals surface area contributed by atoms with E-state index in [9.17, 15) is 13.2 Å². The second-order valence-corrected chi connectivity index (χ2v) is 10.3. The van der Waals surface area contributed by atoms with Gasteiger partial charge in [-0.15, -0.1) is 11.3 Å². The first kappa shape index (κ1) is 19.9. The molecule has 0 aliphatic carbocycles. The molecule has 0 aliphatic heterocycles. The number of hydrogen-bond acceptors (Lipinski definition) is 6. The highest BCUT2D eigenvalue weighted by atomic mass is 32.2. The molecule has 2 heterocycles. The monoisotopic (exact) mass is 423 g/mol. The Bertz CT molecular complexity index is 1030. The lowest BCUT2D eigenvalue weighted by molar-refractivity contribution is -0.116. The van der Waals surface area contributed by atoms with Gasteiger partial charge in [-0.05, 0) is 42.0 Å². The predicted molar refractivity (Wildman–Crippen MR) is 111 cm³/mol. The Morgan fingerprint density at radius 2 is 2.11 bits per heavy atom. The number of anilines is 1. The summed E-state index contributed by atoms with van der Waals surface area (Å²) in [5, 5.41) is 5.12. The van der Waals surface area contributed by atoms with Gasteiger partial charge in [0.1, 0.15) is 4.21 Å². The SMILES string of the molecule is CCc1ccc2nc(NC(=O)CCCN(C)S(=O)(=O)c3cccs3)sc2c1. The minimum absolute atomic E-state index is 0.160. The van der Waals surface area contributed by atoms with Crippen molar-refractivity contribution in [2.45, 2.75) is 30.4 Å². The lowest BCUT2D eigenvalue weighted by Gasteiger charge is -2.15. The van der Waals surface area contributed by atoms with E-state index in [1.165, 1.54) is 39.6 Å². The molecule has 1 amide bonds. The molecule has 6 nitrogen and oxygen atoms in total. The van der Waals surface area contributed by atoms with Crippen molar-refractivity contribution < 1.29 is 13.2 Å². The van der Waals surface area contributed by atoms with Crippen LogP contribution in [0, 0.1) is 0 Å². The van der Waals surface area contributed by atoms with Gasteiger partial charge in [-0.1, -0.05) is 30.4 Å². The number of sulfonamides is 1. The van der Waals surface area contributed by atoms with Crippen molar-refractivity contribution in [2.75, 3.05) is 18.9 Å². The number of amides is 1. The van der Waals surface area contributed by atoms with Gasteiger partial charge in [0.15, 0.2) is 5.13 Å². The number of carbonyl (C=O) groups excluding carboxylic acids is 1. The maximum absolute atomic E-state index is 12.3. The van der Waals surface area contributed by atoms with E-state index in [0.717, 1.165) is 16.6 Å². The summed E-state index contributed by atoms with van der Waals surface area (Å²) in [5.41, 5.74) is 2.10. The summed E-state index contributed by atoms with van der Waals surface area (Å²) in [4.78, 5) is 16.6. The number of thiazole rings is 1. The number of nitrogens with one attached hydrogen (secondary N) is 1. The Morgan fingerprint density at radius 1 is 1.30 bits per heavy atom. The van der Waals surface area contributed by atoms with E-state index < -0.39 is 10.0 Å². The second kappa shape index (κ2) is 8.47. The Kier molecular flexibility index (Phi) is 6.25. The van der Waals surface area contributed by atoms with E-state index in [-0.39, 0.29) is 18.9 Å². The van der Waals surface area contributed by atoms with Gasteiger partial charge in [-0.2, -0.15) is 0 Å². The molecule has 1 N–H and O–H groups in total. The smallest absolute Gasteiger partial charge is 0.252 e. The molecule has 27 heavy (non-hydrogen) atoms. The van der Waals surface area contributed by atoms with Crippen molar-refractivity contribution >= 4 is 54.0 Å². The highest BCUT2D eigenvalue weighted by molar-refractivity contribution is 7.91. The van der Waals surface area contributed by atoms with Crippen LogP contribution in [0.3, 0.4) is 0 Å². The molecule has 0 unspecified atom stereocenters. The minimum atomic E-state index is -3.47. The molecule has 0 saturated carbocycles. The zero-order valence-corrected chi connectivity index (χ0v) is 17.6. The number of fused-ring (bicyclic) bond motifs is 1. The fourth-order valence-electron chi connectivity index (χ4n) is 2.57. The highest BCUT2D eigenvalue weighted by Gasteiger charge is 2.21. The number of nitrogens with zero attached hydrogens (tertiary/aromatic N) is 2. The van der Waals surface area contributed by atoms with Crippen LogP contribution in [0.25, 0.3) is 10.2 Å². The molecule has 3 aromatic rings. The Labute approximate surface area is 166 Å². The zero-order chi connectivity index (χ0) is 19.4. The summed E-state index contributed by atoms with van der Waals surface area (Å²) in [5.74, 6) is -0.160. The molecular weight excluding hydrogens is 402 g/mol. The van der Waals surface area contributed by atoms with Gasteiger partial charge in [0.25, 0.3) is 10.0 Å². The number of thiophene rings is 1. The van der Waals surface area contributed by atoms with Crippen molar-refractivity contribution in [1.29, 1.82) is 0 Å². The second-order valence-electron chi connectivity index (χ2n) is 6.09. The molecular formula is C18H21N3O3S3. The number of aryl methyl sites for hydroxylation is 1. The van der Waals surface area contributed by atoms with Gasteiger partial charge >= 0.3 is 0 Å². The molecule has 0 fully saturated rings. The van der Waals surface area contributed by atoms with Crippen LogP contribution >= 0.6 is 22.7 Å². The zero-order valence-electron chi connectivity index (χ0n) is 15.1.